The van der Waals surface area contributed by atoms with Crippen LogP contribution in [-0.4, -0.2) is 22.7 Å². The van der Waals surface area contributed by atoms with E-state index in [2.05, 4.69) is 23.3 Å². The van der Waals surface area contributed by atoms with Gasteiger partial charge in [0.15, 0.2) is 0 Å². The summed E-state index contributed by atoms with van der Waals surface area (Å²) < 4.78 is 7.72. The van der Waals surface area contributed by atoms with E-state index >= 15 is 0 Å². The van der Waals surface area contributed by atoms with Crippen LogP contribution in [0.25, 0.3) is 0 Å². The Kier molecular flexibility index (Phi) is 4.20. The second kappa shape index (κ2) is 5.87. The summed E-state index contributed by atoms with van der Waals surface area (Å²) in [4.78, 5) is 4.42. The molecule has 2 rings (SSSR count). The molecule has 17 heavy (non-hydrogen) atoms. The first-order valence-electron chi connectivity index (χ1n) is 6.35. The number of nitrogens with zero attached hydrogens (tertiary/aromatic N) is 2. The molecule has 4 nitrogen and oxygen atoms in total. The zero-order valence-electron chi connectivity index (χ0n) is 10.6. The number of rotatable bonds is 5. The number of imidazole rings is 1. The van der Waals surface area contributed by atoms with Gasteiger partial charge in [-0.1, -0.05) is 6.92 Å². The highest BCUT2D eigenvalue weighted by atomic mass is 16.5. The van der Waals surface area contributed by atoms with Gasteiger partial charge in [0.05, 0.1) is 18.6 Å². The van der Waals surface area contributed by atoms with Crippen molar-refractivity contribution in [2.24, 2.45) is 7.05 Å². The van der Waals surface area contributed by atoms with Gasteiger partial charge in [0.2, 0.25) is 0 Å². The summed E-state index contributed by atoms with van der Waals surface area (Å²) in [5, 5.41) is 3.50. The zero-order chi connectivity index (χ0) is 12.1. The molecule has 1 aromatic heterocycles. The summed E-state index contributed by atoms with van der Waals surface area (Å²) in [5.74, 6) is 1.03. The van der Waals surface area contributed by atoms with E-state index in [0.29, 0.717) is 0 Å². The highest BCUT2D eigenvalue weighted by Gasteiger charge is 2.21. The Labute approximate surface area is 103 Å². The highest BCUT2D eigenvalue weighted by Crippen LogP contribution is 2.24. The van der Waals surface area contributed by atoms with E-state index in [9.17, 15) is 0 Å². The van der Waals surface area contributed by atoms with Crippen LogP contribution >= 0.6 is 0 Å². The van der Waals surface area contributed by atoms with Gasteiger partial charge < -0.3 is 14.6 Å². The van der Waals surface area contributed by atoms with Crippen LogP contribution in [0.15, 0.2) is 24.4 Å². The molecule has 4 heteroatoms. The molecular weight excluding hydrogens is 214 g/mol. The van der Waals surface area contributed by atoms with Crippen molar-refractivity contribution >= 4 is 0 Å². The summed E-state index contributed by atoms with van der Waals surface area (Å²) in [5.41, 5.74) is 1.04. The first kappa shape index (κ1) is 12.2. The Morgan fingerprint density at radius 3 is 3.06 bits per heavy atom. The third kappa shape index (κ3) is 3.09. The van der Waals surface area contributed by atoms with Crippen LogP contribution < -0.4 is 5.32 Å². The van der Waals surface area contributed by atoms with Gasteiger partial charge in [-0.3, -0.25) is 0 Å². The Bertz CT molecular complexity index is 384. The second-order valence-electron chi connectivity index (χ2n) is 4.45. The van der Waals surface area contributed by atoms with Crippen LogP contribution in [0, 0.1) is 0 Å². The fourth-order valence-corrected chi connectivity index (χ4v) is 2.00. The monoisotopic (exact) mass is 235 g/mol. The van der Waals surface area contributed by atoms with Crippen LogP contribution in [-0.2, 0) is 11.8 Å². The summed E-state index contributed by atoms with van der Waals surface area (Å²) in [7, 11) is 1.99. The van der Waals surface area contributed by atoms with Crippen LogP contribution in [0.2, 0.25) is 0 Å². The molecule has 2 heterocycles. The van der Waals surface area contributed by atoms with Gasteiger partial charge in [-0.15, -0.1) is 0 Å². The molecule has 0 aliphatic carbocycles. The lowest BCUT2D eigenvalue weighted by molar-refractivity contribution is 0.167. The summed E-state index contributed by atoms with van der Waals surface area (Å²) >= 11 is 0. The van der Waals surface area contributed by atoms with E-state index in [1.54, 1.807) is 0 Å². The first-order valence-corrected chi connectivity index (χ1v) is 6.35. The number of hydrogen-bond acceptors (Lipinski definition) is 3. The molecule has 1 aliphatic rings. The van der Waals surface area contributed by atoms with Gasteiger partial charge in [0, 0.05) is 13.2 Å². The minimum absolute atomic E-state index is 0.108. The molecule has 94 valence electrons. The SMILES string of the molecule is CCCNC(C1=CCCCO1)c1cn(C)cn1. The molecule has 0 spiro atoms. The summed E-state index contributed by atoms with van der Waals surface area (Å²) in [6.45, 7) is 3.96. The van der Waals surface area contributed by atoms with Crippen molar-refractivity contribution in [2.45, 2.75) is 32.2 Å². The molecule has 1 unspecified atom stereocenters. The summed E-state index contributed by atoms with van der Waals surface area (Å²) in [6.07, 6.45) is 9.40. The number of hydrogen-bond donors (Lipinski definition) is 1. The quantitative estimate of drug-likeness (QED) is 0.850. The predicted molar refractivity (Wildman–Crippen MR) is 67.5 cm³/mol. The van der Waals surface area contributed by atoms with E-state index in [4.69, 9.17) is 4.74 Å². The largest absolute Gasteiger partial charge is 0.496 e. The van der Waals surface area contributed by atoms with Crippen LogP contribution in [0.1, 0.15) is 37.9 Å². The Hall–Kier alpha value is -1.29. The standard InChI is InChI=1S/C13H21N3O/c1-3-7-14-13(11-9-16(2)10-15-11)12-6-4-5-8-17-12/h6,9-10,13-14H,3-5,7-8H2,1-2H3. The van der Waals surface area contributed by atoms with E-state index in [1.165, 1.54) is 0 Å². The molecule has 1 aromatic rings. The maximum Gasteiger partial charge on any atom is 0.115 e. The predicted octanol–water partition coefficient (Wildman–Crippen LogP) is 2.16. The minimum atomic E-state index is 0.108. The fraction of sp³-hybridized carbons (Fsp3) is 0.615. The molecule has 1 N–H and O–H groups in total. The smallest absolute Gasteiger partial charge is 0.115 e. The van der Waals surface area contributed by atoms with Gasteiger partial charge >= 0.3 is 0 Å². The number of aryl methyl sites for hydroxylation is 1. The average Bonchev–Trinajstić information content (AvgIpc) is 2.78. The lowest BCUT2D eigenvalue weighted by atomic mass is 10.1. The van der Waals surface area contributed by atoms with E-state index < -0.39 is 0 Å². The Morgan fingerprint density at radius 1 is 1.59 bits per heavy atom. The first-order chi connectivity index (χ1) is 8.31. The Morgan fingerprint density at radius 2 is 2.47 bits per heavy atom. The number of allylic oxidation sites excluding steroid dienone is 1. The highest BCUT2D eigenvalue weighted by molar-refractivity contribution is 5.17. The number of aromatic nitrogens is 2. The van der Waals surface area contributed by atoms with Crippen molar-refractivity contribution < 1.29 is 4.74 Å². The van der Waals surface area contributed by atoms with Gasteiger partial charge in [-0.25, -0.2) is 4.98 Å². The maximum absolute atomic E-state index is 5.75. The second-order valence-corrected chi connectivity index (χ2v) is 4.45. The fourth-order valence-electron chi connectivity index (χ4n) is 2.00. The lowest BCUT2D eigenvalue weighted by Crippen LogP contribution is -2.26. The van der Waals surface area contributed by atoms with E-state index in [-0.39, 0.29) is 6.04 Å². The molecule has 1 atom stereocenters. The normalized spacial score (nSPS) is 17.4. The van der Waals surface area contributed by atoms with Crippen LogP contribution in [0.3, 0.4) is 0 Å². The third-order valence-corrected chi connectivity index (χ3v) is 2.87. The van der Waals surface area contributed by atoms with Crippen molar-refractivity contribution in [3.63, 3.8) is 0 Å². The van der Waals surface area contributed by atoms with E-state index in [1.807, 2.05) is 24.1 Å². The lowest BCUT2D eigenvalue weighted by Gasteiger charge is -2.23. The molecule has 0 bridgehead atoms. The molecule has 0 saturated heterocycles. The molecule has 0 saturated carbocycles. The van der Waals surface area contributed by atoms with E-state index in [0.717, 1.165) is 43.9 Å². The number of ether oxygens (including phenoxy) is 1. The minimum Gasteiger partial charge on any atom is -0.496 e. The van der Waals surface area contributed by atoms with Crippen molar-refractivity contribution in [3.8, 4) is 0 Å². The third-order valence-electron chi connectivity index (χ3n) is 2.87. The molecular formula is C13H21N3O. The van der Waals surface area contributed by atoms with Crippen LogP contribution in [0.5, 0.6) is 0 Å². The zero-order valence-corrected chi connectivity index (χ0v) is 10.6. The van der Waals surface area contributed by atoms with Gasteiger partial charge in [0.1, 0.15) is 11.8 Å². The molecule has 0 aromatic carbocycles. The van der Waals surface area contributed by atoms with Crippen molar-refractivity contribution in [3.05, 3.63) is 30.1 Å². The molecule has 1 aliphatic heterocycles. The Balaban J connectivity index is 2.15. The van der Waals surface area contributed by atoms with Crippen molar-refractivity contribution in [1.29, 1.82) is 0 Å². The van der Waals surface area contributed by atoms with Crippen molar-refractivity contribution in [2.75, 3.05) is 13.2 Å². The van der Waals surface area contributed by atoms with Crippen molar-refractivity contribution in [1.82, 2.24) is 14.9 Å². The van der Waals surface area contributed by atoms with Gasteiger partial charge in [-0.2, -0.15) is 0 Å². The summed E-state index contributed by atoms with van der Waals surface area (Å²) in [6, 6.07) is 0.108. The van der Waals surface area contributed by atoms with Gasteiger partial charge in [-0.05, 0) is 31.9 Å². The van der Waals surface area contributed by atoms with Crippen LogP contribution in [0.4, 0.5) is 0 Å². The molecule has 0 fully saturated rings. The van der Waals surface area contributed by atoms with Gasteiger partial charge in [0.25, 0.3) is 0 Å². The molecule has 0 amide bonds. The number of nitrogens with one attached hydrogen (secondary N) is 1. The molecule has 0 radical (unpaired) electrons. The maximum atomic E-state index is 5.75. The average molecular weight is 235 g/mol. The topological polar surface area (TPSA) is 39.1 Å².